The molecule has 0 bridgehead atoms. The maximum atomic E-state index is 13.2. The van der Waals surface area contributed by atoms with E-state index in [0.29, 0.717) is 44.3 Å². The number of piperidine rings is 1. The highest BCUT2D eigenvalue weighted by molar-refractivity contribution is 6.33. The molecule has 0 atom stereocenters. The van der Waals surface area contributed by atoms with Crippen LogP contribution in [-0.4, -0.2) is 39.9 Å². The summed E-state index contributed by atoms with van der Waals surface area (Å²) < 4.78 is 38.5. The van der Waals surface area contributed by atoms with Crippen LogP contribution in [0.4, 0.5) is 19.0 Å². The highest BCUT2D eigenvalue weighted by Crippen LogP contribution is 2.36. The van der Waals surface area contributed by atoms with Crippen LogP contribution in [0, 0.1) is 5.92 Å². The Hall–Kier alpha value is -2.35. The second-order valence-electron chi connectivity index (χ2n) is 7.85. The minimum atomic E-state index is -4.48. The summed E-state index contributed by atoms with van der Waals surface area (Å²) in [6.07, 6.45) is 3.11. The molecule has 9 heteroatoms. The fraction of sp³-hybridized carbons (Fsp3) is 0.476. The van der Waals surface area contributed by atoms with E-state index in [1.54, 1.807) is 12.4 Å². The molecule has 2 aromatic heterocycles. The lowest BCUT2D eigenvalue weighted by Gasteiger charge is -2.35. The van der Waals surface area contributed by atoms with E-state index >= 15 is 0 Å². The molecule has 2 fully saturated rings. The zero-order valence-electron chi connectivity index (χ0n) is 16.3. The number of carbonyl (C=O) groups is 1. The molecule has 0 aromatic carbocycles. The lowest BCUT2D eigenvalue weighted by Crippen LogP contribution is -2.43. The van der Waals surface area contributed by atoms with Crippen LogP contribution in [0.2, 0.25) is 5.02 Å². The minimum absolute atomic E-state index is 0.0224. The fourth-order valence-corrected chi connectivity index (χ4v) is 4.14. The third-order valence-corrected chi connectivity index (χ3v) is 5.92. The average molecular weight is 439 g/mol. The molecule has 1 saturated heterocycles. The molecule has 1 amide bonds. The van der Waals surface area contributed by atoms with Crippen molar-refractivity contribution in [2.75, 3.05) is 18.0 Å². The number of pyridine rings is 2. The van der Waals surface area contributed by atoms with Gasteiger partial charge in [0.05, 0.1) is 10.6 Å². The van der Waals surface area contributed by atoms with E-state index in [9.17, 15) is 18.0 Å². The van der Waals surface area contributed by atoms with Crippen LogP contribution in [0.5, 0.6) is 0 Å². The Morgan fingerprint density at radius 3 is 2.50 bits per heavy atom. The quantitative estimate of drug-likeness (QED) is 0.686. The second-order valence-corrected chi connectivity index (χ2v) is 8.25. The molecule has 0 spiro atoms. The lowest BCUT2D eigenvalue weighted by molar-refractivity contribution is -0.138. The van der Waals surface area contributed by atoms with Gasteiger partial charge in [-0.25, -0.2) is 4.98 Å². The van der Waals surface area contributed by atoms with Gasteiger partial charge in [-0.1, -0.05) is 17.7 Å². The van der Waals surface area contributed by atoms with Crippen molar-refractivity contribution in [3.05, 3.63) is 52.9 Å². The standard InChI is InChI=1S/C21H22ClF3N4O/c22-18-10-16(21(23,24)25)12-27-19(18)28-8-5-15(6-9-28)20(30)29(17-3-4-17)13-14-2-1-7-26-11-14/h1-2,7,10-12,15,17H,3-6,8-9,13H2. The first-order valence-corrected chi connectivity index (χ1v) is 10.4. The summed E-state index contributed by atoms with van der Waals surface area (Å²) in [5.41, 5.74) is 0.146. The third-order valence-electron chi connectivity index (χ3n) is 5.64. The van der Waals surface area contributed by atoms with Gasteiger partial charge in [0.1, 0.15) is 5.82 Å². The summed E-state index contributed by atoms with van der Waals surface area (Å²) in [7, 11) is 0. The minimum Gasteiger partial charge on any atom is -0.355 e. The first-order valence-electron chi connectivity index (χ1n) is 10.00. The monoisotopic (exact) mass is 438 g/mol. The number of hydrogen-bond donors (Lipinski definition) is 0. The Bertz CT molecular complexity index is 897. The summed E-state index contributed by atoms with van der Waals surface area (Å²) in [6.45, 7) is 1.61. The molecule has 0 N–H and O–H groups in total. The zero-order valence-corrected chi connectivity index (χ0v) is 17.0. The van der Waals surface area contributed by atoms with E-state index < -0.39 is 11.7 Å². The third kappa shape index (κ3) is 4.69. The Balaban J connectivity index is 1.39. The number of rotatable bonds is 5. The highest BCUT2D eigenvalue weighted by atomic mass is 35.5. The number of amides is 1. The maximum absolute atomic E-state index is 13.2. The normalized spacial score (nSPS) is 17.8. The Kier molecular flexibility index (Phi) is 5.86. The van der Waals surface area contributed by atoms with Crippen molar-refractivity contribution in [2.45, 2.75) is 44.4 Å². The molecule has 2 aromatic rings. The summed E-state index contributed by atoms with van der Waals surface area (Å²) in [6, 6.07) is 5.03. The van der Waals surface area contributed by atoms with Gasteiger partial charge in [0.25, 0.3) is 0 Å². The predicted octanol–water partition coefficient (Wildman–Crippen LogP) is 4.56. The van der Waals surface area contributed by atoms with Crippen molar-refractivity contribution in [3.8, 4) is 0 Å². The average Bonchev–Trinajstić information content (AvgIpc) is 3.57. The summed E-state index contributed by atoms with van der Waals surface area (Å²) in [4.78, 5) is 25.1. The van der Waals surface area contributed by atoms with E-state index in [4.69, 9.17) is 11.6 Å². The lowest BCUT2D eigenvalue weighted by atomic mass is 9.95. The molecule has 1 saturated carbocycles. The molecule has 0 radical (unpaired) electrons. The van der Waals surface area contributed by atoms with Crippen LogP contribution in [-0.2, 0) is 17.5 Å². The smallest absolute Gasteiger partial charge is 0.355 e. The number of halogens is 4. The largest absolute Gasteiger partial charge is 0.417 e. The number of carbonyl (C=O) groups excluding carboxylic acids is 1. The van der Waals surface area contributed by atoms with Crippen LogP contribution in [0.15, 0.2) is 36.8 Å². The number of hydrogen-bond acceptors (Lipinski definition) is 4. The van der Waals surface area contributed by atoms with Crippen molar-refractivity contribution in [1.82, 2.24) is 14.9 Å². The van der Waals surface area contributed by atoms with E-state index in [0.717, 1.165) is 30.7 Å². The predicted molar refractivity (Wildman–Crippen MR) is 107 cm³/mol. The Morgan fingerprint density at radius 2 is 1.93 bits per heavy atom. The molecule has 0 unspecified atom stereocenters. The van der Waals surface area contributed by atoms with Crippen molar-refractivity contribution in [2.24, 2.45) is 5.92 Å². The number of nitrogens with zero attached hydrogens (tertiary/aromatic N) is 4. The van der Waals surface area contributed by atoms with Gasteiger partial charge >= 0.3 is 6.18 Å². The van der Waals surface area contributed by atoms with E-state index in [1.165, 1.54) is 0 Å². The Labute approximate surface area is 177 Å². The van der Waals surface area contributed by atoms with Crippen LogP contribution in [0.25, 0.3) is 0 Å². The van der Waals surface area contributed by atoms with Gasteiger partial charge in [-0.05, 0) is 43.4 Å². The first kappa shape index (κ1) is 20.9. The molecule has 3 heterocycles. The van der Waals surface area contributed by atoms with Crippen LogP contribution < -0.4 is 4.90 Å². The molecule has 30 heavy (non-hydrogen) atoms. The van der Waals surface area contributed by atoms with Gasteiger partial charge in [-0.15, -0.1) is 0 Å². The SMILES string of the molecule is O=C(C1CCN(c2ncc(C(F)(F)F)cc2Cl)CC1)N(Cc1cccnc1)C1CC1. The number of aromatic nitrogens is 2. The van der Waals surface area contributed by atoms with Crippen molar-refractivity contribution in [3.63, 3.8) is 0 Å². The van der Waals surface area contributed by atoms with E-state index in [-0.39, 0.29) is 16.8 Å². The van der Waals surface area contributed by atoms with Crippen LogP contribution in [0.1, 0.15) is 36.8 Å². The molecule has 2 aliphatic rings. The summed E-state index contributed by atoms with van der Waals surface area (Å²) in [5, 5.41) is -0.0224. The van der Waals surface area contributed by atoms with Gasteiger partial charge in [-0.2, -0.15) is 13.2 Å². The molecule has 160 valence electrons. The van der Waals surface area contributed by atoms with Gasteiger partial charge in [0, 0.05) is 50.2 Å². The number of alkyl halides is 3. The fourth-order valence-electron chi connectivity index (χ4n) is 3.85. The van der Waals surface area contributed by atoms with E-state index in [1.807, 2.05) is 21.9 Å². The molecular formula is C21H22ClF3N4O. The van der Waals surface area contributed by atoms with Gasteiger partial charge in [-0.3, -0.25) is 9.78 Å². The molecule has 1 aliphatic carbocycles. The number of anilines is 1. The molecule has 5 nitrogen and oxygen atoms in total. The van der Waals surface area contributed by atoms with Crippen molar-refractivity contribution < 1.29 is 18.0 Å². The highest BCUT2D eigenvalue weighted by Gasteiger charge is 2.37. The second kappa shape index (κ2) is 8.41. The van der Waals surface area contributed by atoms with Crippen LogP contribution >= 0.6 is 11.6 Å². The van der Waals surface area contributed by atoms with Crippen molar-refractivity contribution >= 4 is 23.3 Å². The van der Waals surface area contributed by atoms with Crippen molar-refractivity contribution in [1.29, 1.82) is 0 Å². The van der Waals surface area contributed by atoms with Gasteiger partial charge in [0.15, 0.2) is 0 Å². The van der Waals surface area contributed by atoms with Gasteiger partial charge in [0.2, 0.25) is 5.91 Å². The van der Waals surface area contributed by atoms with Crippen LogP contribution in [0.3, 0.4) is 0 Å². The Morgan fingerprint density at radius 1 is 1.20 bits per heavy atom. The maximum Gasteiger partial charge on any atom is 0.417 e. The molecule has 1 aliphatic heterocycles. The van der Waals surface area contributed by atoms with Gasteiger partial charge < -0.3 is 9.80 Å². The molecular weight excluding hydrogens is 417 g/mol. The first-order chi connectivity index (χ1) is 14.3. The zero-order chi connectivity index (χ0) is 21.3. The topological polar surface area (TPSA) is 49.3 Å². The molecule has 4 rings (SSSR count). The van der Waals surface area contributed by atoms with E-state index in [2.05, 4.69) is 9.97 Å². The summed E-state index contributed by atoms with van der Waals surface area (Å²) >= 11 is 6.07. The summed E-state index contributed by atoms with van der Waals surface area (Å²) in [5.74, 6) is 0.379.